The summed E-state index contributed by atoms with van der Waals surface area (Å²) in [7, 11) is 3.94. The molecule has 0 bridgehead atoms. The maximum atomic E-state index is 9.25. The predicted molar refractivity (Wildman–Crippen MR) is 71.3 cm³/mol. The molecule has 0 aliphatic heterocycles. The molecule has 2 unspecified atom stereocenters. The lowest BCUT2D eigenvalue weighted by molar-refractivity contribution is 0.187. The van der Waals surface area contributed by atoms with Gasteiger partial charge in [0.05, 0.1) is 23.7 Å². The summed E-state index contributed by atoms with van der Waals surface area (Å²) in [6.07, 6.45) is 2.39. The van der Waals surface area contributed by atoms with E-state index in [0.717, 1.165) is 24.3 Å². The molecule has 0 saturated carbocycles. The average molecular weight is 237 g/mol. The van der Waals surface area contributed by atoms with Crippen LogP contribution in [0.1, 0.15) is 32.0 Å². The zero-order chi connectivity index (χ0) is 12.8. The number of aliphatic hydroxyl groups excluding tert-OH is 1. The molecular formula is C13H23N3O. The van der Waals surface area contributed by atoms with Gasteiger partial charge in [-0.25, -0.2) is 0 Å². The van der Waals surface area contributed by atoms with Gasteiger partial charge in [-0.15, -0.1) is 0 Å². The van der Waals surface area contributed by atoms with Crippen LogP contribution in [0.5, 0.6) is 0 Å². The zero-order valence-electron chi connectivity index (χ0n) is 11.1. The first-order chi connectivity index (χ1) is 8.04. The molecule has 0 aliphatic rings. The van der Waals surface area contributed by atoms with Crippen molar-refractivity contribution in [3.05, 3.63) is 24.0 Å². The van der Waals surface area contributed by atoms with Gasteiger partial charge in [0.15, 0.2) is 0 Å². The summed E-state index contributed by atoms with van der Waals surface area (Å²) in [5.74, 6) is 0. The molecule has 1 aromatic rings. The number of aromatic nitrogens is 1. The fourth-order valence-electron chi connectivity index (χ4n) is 1.54. The van der Waals surface area contributed by atoms with Gasteiger partial charge >= 0.3 is 0 Å². The number of hydrogen-bond acceptors (Lipinski definition) is 4. The van der Waals surface area contributed by atoms with E-state index in [1.165, 1.54) is 0 Å². The van der Waals surface area contributed by atoms with Crippen LogP contribution in [0.15, 0.2) is 18.3 Å². The lowest BCUT2D eigenvalue weighted by Gasteiger charge is -2.20. The molecule has 0 fully saturated rings. The molecule has 1 aromatic heterocycles. The molecule has 0 aromatic carbocycles. The molecule has 17 heavy (non-hydrogen) atoms. The van der Waals surface area contributed by atoms with Crippen LogP contribution in [-0.2, 0) is 0 Å². The summed E-state index contributed by atoms with van der Waals surface area (Å²) >= 11 is 0. The van der Waals surface area contributed by atoms with Crippen molar-refractivity contribution in [2.45, 2.75) is 32.4 Å². The first kappa shape index (κ1) is 13.9. The van der Waals surface area contributed by atoms with Crippen LogP contribution in [0.4, 0.5) is 5.69 Å². The Labute approximate surface area is 104 Å². The highest BCUT2D eigenvalue weighted by molar-refractivity contribution is 5.43. The Morgan fingerprint density at radius 2 is 2.12 bits per heavy atom. The van der Waals surface area contributed by atoms with Gasteiger partial charge in [0.2, 0.25) is 0 Å². The van der Waals surface area contributed by atoms with Crippen molar-refractivity contribution in [3.63, 3.8) is 0 Å². The Bertz CT molecular complexity index is 324. The second-order valence-electron chi connectivity index (χ2n) is 4.51. The third kappa shape index (κ3) is 4.32. The van der Waals surface area contributed by atoms with Crippen molar-refractivity contribution < 1.29 is 5.11 Å². The fourth-order valence-corrected chi connectivity index (χ4v) is 1.54. The van der Waals surface area contributed by atoms with E-state index < -0.39 is 0 Å². The van der Waals surface area contributed by atoms with Gasteiger partial charge in [-0.05, 0) is 39.4 Å². The Balaban J connectivity index is 2.60. The van der Waals surface area contributed by atoms with Gasteiger partial charge in [0.25, 0.3) is 0 Å². The quantitative estimate of drug-likeness (QED) is 0.788. The second kappa shape index (κ2) is 6.57. The Morgan fingerprint density at radius 1 is 1.41 bits per heavy atom. The van der Waals surface area contributed by atoms with Crippen LogP contribution < -0.4 is 10.2 Å². The Morgan fingerprint density at radius 3 is 2.59 bits per heavy atom. The molecule has 4 nitrogen and oxygen atoms in total. The third-order valence-electron chi connectivity index (χ3n) is 2.97. The van der Waals surface area contributed by atoms with Crippen LogP contribution in [0.25, 0.3) is 0 Å². The minimum absolute atomic E-state index is 0.256. The molecule has 2 atom stereocenters. The number of rotatable bonds is 6. The third-order valence-corrected chi connectivity index (χ3v) is 2.97. The first-order valence-electron chi connectivity index (χ1n) is 6.07. The lowest BCUT2D eigenvalue weighted by Crippen LogP contribution is -2.22. The molecule has 0 spiro atoms. The number of anilines is 1. The van der Waals surface area contributed by atoms with Crippen LogP contribution in [0, 0.1) is 0 Å². The van der Waals surface area contributed by atoms with E-state index in [1.54, 1.807) is 0 Å². The summed E-state index contributed by atoms with van der Waals surface area (Å²) in [5, 5.41) is 12.4. The van der Waals surface area contributed by atoms with Gasteiger partial charge in [-0.3, -0.25) is 4.98 Å². The molecule has 0 radical (unpaired) electrons. The van der Waals surface area contributed by atoms with Gasteiger partial charge < -0.3 is 15.3 Å². The number of nitrogens with zero attached hydrogens (tertiary/aromatic N) is 2. The maximum absolute atomic E-state index is 9.25. The molecule has 2 N–H and O–H groups in total. The van der Waals surface area contributed by atoms with Crippen LogP contribution in [0.3, 0.4) is 0 Å². The van der Waals surface area contributed by atoms with Gasteiger partial charge in [-0.2, -0.15) is 0 Å². The van der Waals surface area contributed by atoms with Crippen LogP contribution in [0.2, 0.25) is 0 Å². The van der Waals surface area contributed by atoms with Crippen molar-refractivity contribution in [1.82, 2.24) is 10.3 Å². The monoisotopic (exact) mass is 237 g/mol. The Hall–Kier alpha value is -1.13. The van der Waals surface area contributed by atoms with E-state index >= 15 is 0 Å². The number of aliphatic hydroxyl groups is 1. The molecular weight excluding hydrogens is 214 g/mol. The van der Waals surface area contributed by atoms with Crippen LogP contribution >= 0.6 is 0 Å². The highest BCUT2D eigenvalue weighted by Gasteiger charge is 2.06. The van der Waals surface area contributed by atoms with E-state index in [-0.39, 0.29) is 12.1 Å². The van der Waals surface area contributed by atoms with Gasteiger partial charge in [0.1, 0.15) is 0 Å². The fraction of sp³-hybridized carbons (Fsp3) is 0.615. The van der Waals surface area contributed by atoms with Crippen molar-refractivity contribution in [1.29, 1.82) is 0 Å². The van der Waals surface area contributed by atoms with Crippen molar-refractivity contribution in [2.24, 2.45) is 0 Å². The highest BCUT2D eigenvalue weighted by atomic mass is 16.3. The predicted octanol–water partition coefficient (Wildman–Crippen LogP) is 1.57. The number of hydrogen-bond donors (Lipinski definition) is 2. The minimum atomic E-state index is -0.256. The molecule has 0 saturated heterocycles. The number of nitrogens with one attached hydrogen (secondary N) is 1. The average Bonchev–Trinajstić information content (AvgIpc) is 2.35. The van der Waals surface area contributed by atoms with Crippen molar-refractivity contribution >= 4 is 5.69 Å². The van der Waals surface area contributed by atoms with E-state index in [2.05, 4.69) is 28.2 Å². The minimum Gasteiger partial charge on any atom is -0.393 e. The lowest BCUT2D eigenvalue weighted by atomic mass is 10.2. The molecule has 4 heteroatoms. The van der Waals surface area contributed by atoms with Crippen LogP contribution in [-0.4, -0.2) is 36.8 Å². The zero-order valence-corrected chi connectivity index (χ0v) is 11.1. The molecule has 1 heterocycles. The first-order valence-corrected chi connectivity index (χ1v) is 6.07. The summed E-state index contributed by atoms with van der Waals surface area (Å²) in [4.78, 5) is 6.54. The normalized spacial score (nSPS) is 14.4. The molecule has 96 valence electrons. The standard InChI is InChI=1S/C13H23N3O/c1-10(17)7-8-16(4)12-5-6-13(15-9-12)11(2)14-3/h5-6,9-11,14,17H,7-8H2,1-4H3. The summed E-state index contributed by atoms with van der Waals surface area (Å²) in [6.45, 7) is 4.73. The molecule has 0 aliphatic carbocycles. The van der Waals surface area contributed by atoms with Gasteiger partial charge in [-0.1, -0.05) is 0 Å². The summed E-state index contributed by atoms with van der Waals surface area (Å²) < 4.78 is 0. The molecule has 1 rings (SSSR count). The topological polar surface area (TPSA) is 48.4 Å². The summed E-state index contributed by atoms with van der Waals surface area (Å²) in [5.41, 5.74) is 2.12. The molecule has 0 amide bonds. The SMILES string of the molecule is CNC(C)c1ccc(N(C)CCC(C)O)cn1. The van der Waals surface area contributed by atoms with E-state index in [9.17, 15) is 5.11 Å². The summed E-state index contributed by atoms with van der Waals surface area (Å²) in [6, 6.07) is 4.37. The Kier molecular flexibility index (Phi) is 5.38. The smallest absolute Gasteiger partial charge is 0.0571 e. The van der Waals surface area contributed by atoms with E-state index in [0.29, 0.717) is 0 Å². The van der Waals surface area contributed by atoms with Gasteiger partial charge in [0, 0.05) is 19.6 Å². The highest BCUT2D eigenvalue weighted by Crippen LogP contribution is 2.15. The maximum Gasteiger partial charge on any atom is 0.0571 e. The van der Waals surface area contributed by atoms with E-state index in [4.69, 9.17) is 0 Å². The van der Waals surface area contributed by atoms with Crippen molar-refractivity contribution in [2.75, 3.05) is 25.5 Å². The number of pyridine rings is 1. The largest absolute Gasteiger partial charge is 0.393 e. The van der Waals surface area contributed by atoms with E-state index in [1.807, 2.05) is 33.3 Å². The van der Waals surface area contributed by atoms with Crippen molar-refractivity contribution in [3.8, 4) is 0 Å². The second-order valence-corrected chi connectivity index (χ2v) is 4.51.